The van der Waals surface area contributed by atoms with Gasteiger partial charge in [0.15, 0.2) is 5.16 Å². The van der Waals surface area contributed by atoms with E-state index < -0.39 is 0 Å². The number of ether oxygens (including phenoxy) is 1. The zero-order chi connectivity index (χ0) is 18.2. The summed E-state index contributed by atoms with van der Waals surface area (Å²) < 4.78 is 7.56. The van der Waals surface area contributed by atoms with Crippen LogP contribution in [0.25, 0.3) is 11.3 Å². The maximum Gasteiger partial charge on any atom is 0.168 e. The number of imidazole rings is 1. The molecule has 3 rings (SSSR count). The second-order valence-corrected chi connectivity index (χ2v) is 7.19. The van der Waals surface area contributed by atoms with Crippen molar-refractivity contribution in [2.75, 3.05) is 25.6 Å². The second kappa shape index (κ2) is 9.78. The number of halogens is 1. The Morgan fingerprint density at radius 3 is 2.54 bits per heavy atom. The van der Waals surface area contributed by atoms with E-state index in [2.05, 4.69) is 21.7 Å². The third-order valence-electron chi connectivity index (χ3n) is 3.84. The first kappa shape index (κ1) is 19.0. The van der Waals surface area contributed by atoms with Gasteiger partial charge in [0.25, 0.3) is 0 Å². The molecule has 0 unspecified atom stereocenters. The summed E-state index contributed by atoms with van der Waals surface area (Å²) >= 11 is 7.68. The molecule has 0 bridgehead atoms. The third-order valence-corrected chi connectivity index (χ3v) is 5.04. The van der Waals surface area contributed by atoms with Crippen molar-refractivity contribution in [2.24, 2.45) is 0 Å². The SMILES string of the molecule is OCCOCCSc1ncc(-c2ccc(Cl)cc2)n1Cc1ccccc1. The highest BCUT2D eigenvalue weighted by atomic mass is 35.5. The lowest BCUT2D eigenvalue weighted by Gasteiger charge is -2.12. The van der Waals surface area contributed by atoms with Gasteiger partial charge in [-0.1, -0.05) is 65.8 Å². The summed E-state index contributed by atoms with van der Waals surface area (Å²) in [7, 11) is 0. The summed E-state index contributed by atoms with van der Waals surface area (Å²) in [6.07, 6.45) is 1.91. The molecular formula is C20H21ClN2O2S. The molecule has 6 heteroatoms. The van der Waals surface area contributed by atoms with Gasteiger partial charge in [-0.2, -0.15) is 0 Å². The second-order valence-electron chi connectivity index (χ2n) is 5.69. The summed E-state index contributed by atoms with van der Waals surface area (Å²) in [6.45, 7) is 1.75. The monoisotopic (exact) mass is 388 g/mol. The first-order valence-corrected chi connectivity index (χ1v) is 9.81. The van der Waals surface area contributed by atoms with Crippen LogP contribution in [-0.2, 0) is 11.3 Å². The van der Waals surface area contributed by atoms with Crippen LogP contribution in [0.15, 0.2) is 66.0 Å². The average Bonchev–Trinajstić information content (AvgIpc) is 3.06. The molecule has 136 valence electrons. The molecule has 2 aromatic carbocycles. The van der Waals surface area contributed by atoms with Gasteiger partial charge in [0, 0.05) is 10.8 Å². The predicted octanol–water partition coefficient (Wildman–Crippen LogP) is 4.35. The van der Waals surface area contributed by atoms with Gasteiger partial charge in [-0.05, 0) is 23.3 Å². The van der Waals surface area contributed by atoms with E-state index in [1.165, 1.54) is 5.56 Å². The molecule has 0 aliphatic rings. The summed E-state index contributed by atoms with van der Waals surface area (Å²) in [6, 6.07) is 18.2. The fourth-order valence-corrected chi connectivity index (χ4v) is 3.56. The minimum absolute atomic E-state index is 0.0496. The van der Waals surface area contributed by atoms with Crippen molar-refractivity contribution in [3.63, 3.8) is 0 Å². The summed E-state index contributed by atoms with van der Waals surface area (Å²) in [5.74, 6) is 0.784. The molecule has 0 saturated heterocycles. The van der Waals surface area contributed by atoms with Crippen molar-refractivity contribution in [2.45, 2.75) is 11.7 Å². The third kappa shape index (κ3) is 5.11. The van der Waals surface area contributed by atoms with E-state index in [0.29, 0.717) is 13.2 Å². The van der Waals surface area contributed by atoms with Crippen LogP contribution in [0.3, 0.4) is 0 Å². The quantitative estimate of drug-likeness (QED) is 0.437. The lowest BCUT2D eigenvalue weighted by Crippen LogP contribution is -2.06. The molecule has 0 spiro atoms. The number of thioether (sulfide) groups is 1. The van der Waals surface area contributed by atoms with Crippen LogP contribution in [0.2, 0.25) is 5.02 Å². The van der Waals surface area contributed by atoms with Gasteiger partial charge in [0.05, 0.1) is 38.3 Å². The Balaban J connectivity index is 1.83. The van der Waals surface area contributed by atoms with Gasteiger partial charge < -0.3 is 14.4 Å². The number of rotatable bonds is 9. The molecule has 0 fully saturated rings. The average molecular weight is 389 g/mol. The first-order chi connectivity index (χ1) is 12.8. The number of hydrogen-bond donors (Lipinski definition) is 1. The molecule has 26 heavy (non-hydrogen) atoms. The number of aliphatic hydroxyl groups excluding tert-OH is 1. The smallest absolute Gasteiger partial charge is 0.168 e. The van der Waals surface area contributed by atoms with Crippen LogP contribution in [0, 0.1) is 0 Å². The Bertz CT molecular complexity index is 806. The maximum absolute atomic E-state index is 8.78. The van der Waals surface area contributed by atoms with Crippen LogP contribution < -0.4 is 0 Å². The van der Waals surface area contributed by atoms with E-state index in [-0.39, 0.29) is 6.61 Å². The van der Waals surface area contributed by atoms with Crippen molar-refractivity contribution in [3.05, 3.63) is 71.4 Å². The van der Waals surface area contributed by atoms with Gasteiger partial charge >= 0.3 is 0 Å². The highest BCUT2D eigenvalue weighted by Gasteiger charge is 2.13. The van der Waals surface area contributed by atoms with Crippen LogP contribution in [0.5, 0.6) is 0 Å². The van der Waals surface area contributed by atoms with Crippen LogP contribution in [-0.4, -0.2) is 40.2 Å². The molecule has 0 atom stereocenters. The molecular weight excluding hydrogens is 368 g/mol. The topological polar surface area (TPSA) is 47.3 Å². The lowest BCUT2D eigenvalue weighted by atomic mass is 10.1. The van der Waals surface area contributed by atoms with E-state index in [4.69, 9.17) is 21.4 Å². The van der Waals surface area contributed by atoms with E-state index in [1.807, 2.05) is 48.7 Å². The molecule has 0 saturated carbocycles. The number of benzene rings is 2. The highest BCUT2D eigenvalue weighted by Crippen LogP contribution is 2.28. The van der Waals surface area contributed by atoms with E-state index in [1.54, 1.807) is 11.8 Å². The molecule has 0 amide bonds. The summed E-state index contributed by atoms with van der Waals surface area (Å²) in [5.41, 5.74) is 3.37. The van der Waals surface area contributed by atoms with Crippen molar-refractivity contribution >= 4 is 23.4 Å². The standard InChI is InChI=1S/C20H21ClN2O2S/c21-18-8-6-17(7-9-18)19-14-22-20(26-13-12-25-11-10-24)23(19)15-16-4-2-1-3-5-16/h1-9,14,24H,10-13,15H2. The van der Waals surface area contributed by atoms with Gasteiger partial charge in [0.1, 0.15) is 0 Å². The molecule has 1 N–H and O–H groups in total. The Morgan fingerprint density at radius 2 is 1.81 bits per heavy atom. The summed E-state index contributed by atoms with van der Waals surface area (Å²) in [5, 5.41) is 10.5. The van der Waals surface area contributed by atoms with E-state index in [9.17, 15) is 0 Å². The Hall–Kier alpha value is -1.79. The highest BCUT2D eigenvalue weighted by molar-refractivity contribution is 7.99. The maximum atomic E-state index is 8.78. The molecule has 1 aromatic heterocycles. The number of hydrogen-bond acceptors (Lipinski definition) is 4. The fourth-order valence-electron chi connectivity index (χ4n) is 2.60. The first-order valence-electron chi connectivity index (χ1n) is 8.44. The molecule has 1 heterocycles. The molecule has 4 nitrogen and oxygen atoms in total. The van der Waals surface area contributed by atoms with Crippen molar-refractivity contribution in [3.8, 4) is 11.3 Å². The molecule has 0 aliphatic carbocycles. The number of aliphatic hydroxyl groups is 1. The van der Waals surface area contributed by atoms with Crippen LogP contribution in [0.4, 0.5) is 0 Å². The number of aromatic nitrogens is 2. The van der Waals surface area contributed by atoms with E-state index in [0.717, 1.165) is 33.7 Å². The molecule has 0 radical (unpaired) electrons. The summed E-state index contributed by atoms with van der Waals surface area (Å²) in [4.78, 5) is 4.62. The van der Waals surface area contributed by atoms with Crippen molar-refractivity contribution in [1.82, 2.24) is 9.55 Å². The Labute approximate surface area is 162 Å². The number of nitrogens with zero attached hydrogens (tertiary/aromatic N) is 2. The van der Waals surface area contributed by atoms with Gasteiger partial charge in [-0.3, -0.25) is 0 Å². The van der Waals surface area contributed by atoms with Crippen molar-refractivity contribution in [1.29, 1.82) is 0 Å². The molecule has 3 aromatic rings. The van der Waals surface area contributed by atoms with Gasteiger partial charge in [0.2, 0.25) is 0 Å². The predicted molar refractivity (Wildman–Crippen MR) is 107 cm³/mol. The fraction of sp³-hybridized carbons (Fsp3) is 0.250. The van der Waals surface area contributed by atoms with Crippen LogP contribution in [0.1, 0.15) is 5.56 Å². The minimum atomic E-state index is 0.0496. The van der Waals surface area contributed by atoms with Crippen LogP contribution >= 0.6 is 23.4 Å². The Kier molecular flexibility index (Phi) is 7.14. The zero-order valence-corrected chi connectivity index (χ0v) is 15.9. The Morgan fingerprint density at radius 1 is 1.04 bits per heavy atom. The van der Waals surface area contributed by atoms with Gasteiger partial charge in [-0.25, -0.2) is 4.98 Å². The normalized spacial score (nSPS) is 11.0. The van der Waals surface area contributed by atoms with Crippen molar-refractivity contribution < 1.29 is 9.84 Å². The lowest BCUT2D eigenvalue weighted by molar-refractivity contribution is 0.103. The van der Waals surface area contributed by atoms with Gasteiger partial charge in [-0.15, -0.1) is 0 Å². The molecule has 0 aliphatic heterocycles. The van der Waals surface area contributed by atoms with E-state index >= 15 is 0 Å². The largest absolute Gasteiger partial charge is 0.394 e. The zero-order valence-electron chi connectivity index (χ0n) is 14.3. The minimum Gasteiger partial charge on any atom is -0.394 e.